The molecular weight excluding hydrogens is 222 g/mol. The summed E-state index contributed by atoms with van der Waals surface area (Å²) in [7, 11) is 1.69. The standard InChI is InChI=1S/C13H18ClNO/c1-16-13-6-2-11(3-7-13)10-15(9-8-14)12-4-5-12/h2-3,6-7,12H,4-5,8-10H2,1H3. The minimum atomic E-state index is 0.715. The third kappa shape index (κ3) is 3.13. The van der Waals surface area contributed by atoms with Crippen LogP contribution < -0.4 is 4.74 Å². The van der Waals surface area contributed by atoms with Crippen LogP contribution in [-0.4, -0.2) is 30.5 Å². The fourth-order valence-electron chi connectivity index (χ4n) is 1.90. The Bertz CT molecular complexity index is 321. The first kappa shape index (κ1) is 11.7. The lowest BCUT2D eigenvalue weighted by Gasteiger charge is -2.20. The Labute approximate surface area is 102 Å². The van der Waals surface area contributed by atoms with Crippen molar-refractivity contribution in [2.45, 2.75) is 25.4 Å². The smallest absolute Gasteiger partial charge is 0.118 e. The Morgan fingerprint density at radius 1 is 1.31 bits per heavy atom. The molecule has 0 heterocycles. The molecule has 88 valence electrons. The number of rotatable bonds is 6. The van der Waals surface area contributed by atoms with E-state index in [0.29, 0.717) is 5.88 Å². The third-order valence-corrected chi connectivity index (χ3v) is 3.15. The van der Waals surface area contributed by atoms with E-state index in [1.165, 1.54) is 18.4 Å². The summed E-state index contributed by atoms with van der Waals surface area (Å²) < 4.78 is 5.15. The van der Waals surface area contributed by atoms with Crippen molar-refractivity contribution in [3.8, 4) is 5.75 Å². The average molecular weight is 240 g/mol. The summed E-state index contributed by atoms with van der Waals surface area (Å²) in [5.74, 6) is 1.63. The number of hydrogen-bond acceptors (Lipinski definition) is 2. The van der Waals surface area contributed by atoms with Crippen molar-refractivity contribution in [1.29, 1.82) is 0 Å². The highest BCUT2D eigenvalue weighted by Gasteiger charge is 2.28. The van der Waals surface area contributed by atoms with E-state index in [1.807, 2.05) is 12.1 Å². The highest BCUT2D eigenvalue weighted by atomic mass is 35.5. The summed E-state index contributed by atoms with van der Waals surface area (Å²) >= 11 is 5.82. The Balaban J connectivity index is 1.94. The number of ether oxygens (including phenoxy) is 1. The fraction of sp³-hybridized carbons (Fsp3) is 0.538. The maximum absolute atomic E-state index is 5.82. The second kappa shape index (κ2) is 5.55. The molecule has 1 aromatic rings. The molecule has 2 rings (SSSR count). The number of halogens is 1. The largest absolute Gasteiger partial charge is 0.497 e. The molecule has 0 N–H and O–H groups in total. The molecule has 0 spiro atoms. The quantitative estimate of drug-likeness (QED) is 0.708. The van der Waals surface area contributed by atoms with Crippen molar-refractivity contribution in [3.05, 3.63) is 29.8 Å². The predicted octanol–water partition coefficient (Wildman–Crippen LogP) is 2.90. The van der Waals surface area contributed by atoms with Crippen LogP contribution >= 0.6 is 11.6 Å². The minimum absolute atomic E-state index is 0.715. The van der Waals surface area contributed by atoms with Crippen LogP contribution in [0.3, 0.4) is 0 Å². The Morgan fingerprint density at radius 3 is 2.50 bits per heavy atom. The molecule has 0 unspecified atom stereocenters. The molecule has 16 heavy (non-hydrogen) atoms. The Hall–Kier alpha value is -0.730. The first-order valence-corrected chi connectivity index (χ1v) is 6.30. The van der Waals surface area contributed by atoms with E-state index < -0.39 is 0 Å². The highest BCUT2D eigenvalue weighted by Crippen LogP contribution is 2.28. The molecule has 0 aliphatic heterocycles. The molecule has 2 nitrogen and oxygen atoms in total. The molecule has 1 fully saturated rings. The van der Waals surface area contributed by atoms with Crippen LogP contribution in [0.2, 0.25) is 0 Å². The second-order valence-electron chi connectivity index (χ2n) is 4.24. The SMILES string of the molecule is COc1ccc(CN(CCCl)C2CC2)cc1. The third-order valence-electron chi connectivity index (χ3n) is 2.98. The zero-order valence-electron chi connectivity index (χ0n) is 9.66. The summed E-state index contributed by atoms with van der Waals surface area (Å²) in [6.45, 7) is 1.99. The number of benzene rings is 1. The van der Waals surface area contributed by atoms with Crippen molar-refractivity contribution in [2.24, 2.45) is 0 Å². The molecule has 0 aromatic heterocycles. The van der Waals surface area contributed by atoms with E-state index in [-0.39, 0.29) is 0 Å². The van der Waals surface area contributed by atoms with E-state index in [4.69, 9.17) is 16.3 Å². The van der Waals surface area contributed by atoms with E-state index in [9.17, 15) is 0 Å². The van der Waals surface area contributed by atoms with E-state index in [0.717, 1.165) is 24.9 Å². The van der Waals surface area contributed by atoms with Crippen molar-refractivity contribution in [3.63, 3.8) is 0 Å². The van der Waals surface area contributed by atoms with Gasteiger partial charge in [-0.2, -0.15) is 0 Å². The van der Waals surface area contributed by atoms with Crippen LogP contribution in [0.1, 0.15) is 18.4 Å². The number of hydrogen-bond donors (Lipinski definition) is 0. The predicted molar refractivity (Wildman–Crippen MR) is 67.1 cm³/mol. The molecule has 1 aliphatic carbocycles. The van der Waals surface area contributed by atoms with Crippen molar-refractivity contribution in [2.75, 3.05) is 19.5 Å². The monoisotopic (exact) mass is 239 g/mol. The van der Waals surface area contributed by atoms with Crippen LogP contribution in [0, 0.1) is 0 Å². The molecule has 0 radical (unpaired) electrons. The van der Waals surface area contributed by atoms with Crippen LogP contribution in [-0.2, 0) is 6.54 Å². The minimum Gasteiger partial charge on any atom is -0.497 e. The van der Waals surface area contributed by atoms with Gasteiger partial charge in [0.1, 0.15) is 5.75 Å². The van der Waals surface area contributed by atoms with Gasteiger partial charge in [0.15, 0.2) is 0 Å². The topological polar surface area (TPSA) is 12.5 Å². The molecule has 0 bridgehead atoms. The molecule has 1 saturated carbocycles. The Kier molecular flexibility index (Phi) is 4.08. The van der Waals surface area contributed by atoms with Crippen LogP contribution in [0.25, 0.3) is 0 Å². The van der Waals surface area contributed by atoms with Gasteiger partial charge in [0, 0.05) is 25.0 Å². The van der Waals surface area contributed by atoms with Gasteiger partial charge in [-0.05, 0) is 30.5 Å². The molecule has 1 aromatic carbocycles. The molecule has 0 atom stereocenters. The molecule has 1 aliphatic rings. The van der Waals surface area contributed by atoms with Gasteiger partial charge >= 0.3 is 0 Å². The second-order valence-corrected chi connectivity index (χ2v) is 4.62. The first-order chi connectivity index (χ1) is 7.83. The summed E-state index contributed by atoms with van der Waals surface area (Å²) in [5.41, 5.74) is 1.33. The van der Waals surface area contributed by atoms with Gasteiger partial charge in [-0.15, -0.1) is 11.6 Å². The molecule has 3 heteroatoms. The van der Waals surface area contributed by atoms with Gasteiger partial charge < -0.3 is 4.74 Å². The number of nitrogens with zero attached hydrogens (tertiary/aromatic N) is 1. The van der Waals surface area contributed by atoms with E-state index in [2.05, 4.69) is 17.0 Å². The van der Waals surface area contributed by atoms with Gasteiger partial charge in [0.05, 0.1) is 7.11 Å². The molecule has 0 saturated heterocycles. The zero-order chi connectivity index (χ0) is 11.4. The lowest BCUT2D eigenvalue weighted by atomic mass is 10.2. The normalized spacial score (nSPS) is 15.4. The lowest BCUT2D eigenvalue weighted by molar-refractivity contribution is 0.271. The molecule has 0 amide bonds. The van der Waals surface area contributed by atoms with Crippen molar-refractivity contribution >= 4 is 11.6 Å². The van der Waals surface area contributed by atoms with Crippen molar-refractivity contribution < 1.29 is 4.74 Å². The van der Waals surface area contributed by atoms with Gasteiger partial charge in [0.2, 0.25) is 0 Å². The summed E-state index contributed by atoms with van der Waals surface area (Å²) in [6, 6.07) is 9.05. The van der Waals surface area contributed by atoms with Gasteiger partial charge in [0.25, 0.3) is 0 Å². The summed E-state index contributed by atoms with van der Waals surface area (Å²) in [4.78, 5) is 2.47. The number of alkyl halides is 1. The van der Waals surface area contributed by atoms with Crippen LogP contribution in [0.15, 0.2) is 24.3 Å². The fourth-order valence-corrected chi connectivity index (χ4v) is 2.12. The highest BCUT2D eigenvalue weighted by molar-refractivity contribution is 6.18. The summed E-state index contributed by atoms with van der Waals surface area (Å²) in [6.07, 6.45) is 2.65. The lowest BCUT2D eigenvalue weighted by Crippen LogP contribution is -2.27. The first-order valence-electron chi connectivity index (χ1n) is 5.76. The summed E-state index contributed by atoms with van der Waals surface area (Å²) in [5, 5.41) is 0. The van der Waals surface area contributed by atoms with Gasteiger partial charge in [-0.3, -0.25) is 4.90 Å². The van der Waals surface area contributed by atoms with Gasteiger partial charge in [-0.1, -0.05) is 12.1 Å². The van der Waals surface area contributed by atoms with Crippen LogP contribution in [0.4, 0.5) is 0 Å². The van der Waals surface area contributed by atoms with Crippen LogP contribution in [0.5, 0.6) is 5.75 Å². The average Bonchev–Trinajstić information content (AvgIpc) is 3.13. The molecular formula is C13H18ClNO. The maximum atomic E-state index is 5.82. The number of methoxy groups -OCH3 is 1. The van der Waals surface area contributed by atoms with E-state index in [1.54, 1.807) is 7.11 Å². The Morgan fingerprint density at radius 2 is 2.00 bits per heavy atom. The zero-order valence-corrected chi connectivity index (χ0v) is 10.4. The maximum Gasteiger partial charge on any atom is 0.118 e. The van der Waals surface area contributed by atoms with Crippen molar-refractivity contribution in [1.82, 2.24) is 4.90 Å². The van der Waals surface area contributed by atoms with E-state index >= 15 is 0 Å². The van der Waals surface area contributed by atoms with Gasteiger partial charge in [-0.25, -0.2) is 0 Å².